The Morgan fingerprint density at radius 1 is 1.17 bits per heavy atom. The highest BCUT2D eigenvalue weighted by Crippen LogP contribution is 2.16. The van der Waals surface area contributed by atoms with Crippen molar-refractivity contribution in [2.75, 3.05) is 5.32 Å². The molecule has 0 radical (unpaired) electrons. The number of phenols is 1. The minimum Gasteiger partial charge on any atom is -0.508 e. The lowest BCUT2D eigenvalue weighted by Gasteiger charge is -2.06. The van der Waals surface area contributed by atoms with Crippen LogP contribution in [0.1, 0.15) is 15.9 Å². The lowest BCUT2D eigenvalue weighted by molar-refractivity contribution is 0.102. The van der Waals surface area contributed by atoms with Crippen LogP contribution in [0.3, 0.4) is 0 Å². The summed E-state index contributed by atoms with van der Waals surface area (Å²) < 4.78 is 0. The normalized spacial score (nSPS) is 9.50. The average Bonchev–Trinajstić information content (AvgIpc) is 2.39. The van der Waals surface area contributed by atoms with E-state index in [2.05, 4.69) is 5.32 Å². The van der Waals surface area contributed by atoms with Crippen LogP contribution in [0.2, 0.25) is 0 Å². The molecule has 0 saturated carbocycles. The van der Waals surface area contributed by atoms with Gasteiger partial charge in [0.25, 0.3) is 5.91 Å². The van der Waals surface area contributed by atoms with Crippen LogP contribution in [-0.2, 0) is 0 Å². The van der Waals surface area contributed by atoms with Crippen molar-refractivity contribution >= 4 is 11.6 Å². The maximum absolute atomic E-state index is 11.9. The number of hydrogen-bond donors (Lipinski definition) is 2. The predicted octanol–water partition coefficient (Wildman–Crippen LogP) is 2.52. The molecular weight excluding hydrogens is 228 g/mol. The smallest absolute Gasteiger partial charge is 0.255 e. The van der Waals surface area contributed by atoms with Gasteiger partial charge in [-0.25, -0.2) is 0 Å². The lowest BCUT2D eigenvalue weighted by atomic mass is 10.1. The van der Waals surface area contributed by atoms with E-state index in [1.165, 1.54) is 12.1 Å². The van der Waals surface area contributed by atoms with Gasteiger partial charge < -0.3 is 10.4 Å². The number of benzene rings is 2. The molecule has 2 aromatic rings. The molecule has 0 fully saturated rings. The maximum Gasteiger partial charge on any atom is 0.255 e. The Balaban J connectivity index is 2.25. The molecule has 0 unspecified atom stereocenters. The van der Waals surface area contributed by atoms with Crippen LogP contribution in [0.4, 0.5) is 5.69 Å². The zero-order valence-corrected chi connectivity index (χ0v) is 9.42. The van der Waals surface area contributed by atoms with Crippen molar-refractivity contribution in [3.05, 3.63) is 59.7 Å². The molecule has 4 heteroatoms. The van der Waals surface area contributed by atoms with Crippen LogP contribution in [0.5, 0.6) is 5.75 Å². The van der Waals surface area contributed by atoms with Gasteiger partial charge in [-0.1, -0.05) is 18.2 Å². The second-order valence-electron chi connectivity index (χ2n) is 3.66. The van der Waals surface area contributed by atoms with E-state index >= 15 is 0 Å². The number of para-hydroxylation sites is 1. The first-order valence-corrected chi connectivity index (χ1v) is 5.30. The molecule has 1 amide bonds. The van der Waals surface area contributed by atoms with Crippen molar-refractivity contribution in [1.82, 2.24) is 0 Å². The molecule has 0 aliphatic heterocycles. The van der Waals surface area contributed by atoms with Crippen molar-refractivity contribution in [2.45, 2.75) is 0 Å². The van der Waals surface area contributed by atoms with Crippen LogP contribution in [-0.4, -0.2) is 11.0 Å². The third-order valence-electron chi connectivity index (χ3n) is 2.40. The SMILES string of the molecule is N#Cc1ccccc1NC(=O)c1cccc(O)c1. The molecule has 4 nitrogen and oxygen atoms in total. The molecule has 2 N–H and O–H groups in total. The van der Waals surface area contributed by atoms with Crippen LogP contribution in [0.25, 0.3) is 0 Å². The van der Waals surface area contributed by atoms with Crippen LogP contribution in [0.15, 0.2) is 48.5 Å². The number of carbonyl (C=O) groups is 1. The number of aromatic hydroxyl groups is 1. The first-order valence-electron chi connectivity index (χ1n) is 5.30. The number of anilines is 1. The number of nitrogens with zero attached hydrogens (tertiary/aromatic N) is 1. The third-order valence-corrected chi connectivity index (χ3v) is 2.40. The number of amides is 1. The van der Waals surface area contributed by atoms with Crippen LogP contribution in [0, 0.1) is 11.3 Å². The van der Waals surface area contributed by atoms with Gasteiger partial charge in [0, 0.05) is 5.56 Å². The number of nitriles is 1. The van der Waals surface area contributed by atoms with E-state index in [1.807, 2.05) is 6.07 Å². The summed E-state index contributed by atoms with van der Waals surface area (Å²) >= 11 is 0. The number of hydrogen-bond acceptors (Lipinski definition) is 3. The van der Waals surface area contributed by atoms with Crippen LogP contribution >= 0.6 is 0 Å². The summed E-state index contributed by atoms with van der Waals surface area (Å²) in [5, 5.41) is 20.8. The molecular formula is C14H10N2O2. The largest absolute Gasteiger partial charge is 0.508 e. The highest BCUT2D eigenvalue weighted by Gasteiger charge is 2.08. The lowest BCUT2D eigenvalue weighted by Crippen LogP contribution is -2.12. The Kier molecular flexibility index (Phi) is 3.26. The second-order valence-corrected chi connectivity index (χ2v) is 3.66. The van der Waals surface area contributed by atoms with Gasteiger partial charge in [0.05, 0.1) is 11.3 Å². The quantitative estimate of drug-likeness (QED) is 0.844. The molecule has 0 heterocycles. The van der Waals surface area contributed by atoms with E-state index in [-0.39, 0.29) is 11.7 Å². The predicted molar refractivity (Wildman–Crippen MR) is 67.2 cm³/mol. The molecule has 0 atom stereocenters. The molecule has 0 spiro atoms. The summed E-state index contributed by atoms with van der Waals surface area (Å²) in [5.41, 5.74) is 1.18. The number of phenolic OH excluding ortho intramolecular Hbond substituents is 1. The van der Waals surface area contributed by atoms with Crippen molar-refractivity contribution in [3.8, 4) is 11.8 Å². The van der Waals surface area contributed by atoms with E-state index in [0.717, 1.165) is 0 Å². The topological polar surface area (TPSA) is 73.1 Å². The second kappa shape index (κ2) is 5.02. The summed E-state index contributed by atoms with van der Waals surface area (Å²) in [5.74, 6) is -0.343. The standard InChI is InChI=1S/C14H10N2O2/c15-9-11-4-1-2-7-13(11)16-14(18)10-5-3-6-12(17)8-10/h1-8,17H,(H,16,18). The first-order chi connectivity index (χ1) is 8.70. The summed E-state index contributed by atoms with van der Waals surface area (Å²) in [6.45, 7) is 0. The fraction of sp³-hybridized carbons (Fsp3) is 0. The van der Waals surface area contributed by atoms with Crippen molar-refractivity contribution in [1.29, 1.82) is 5.26 Å². The Morgan fingerprint density at radius 2 is 1.94 bits per heavy atom. The monoisotopic (exact) mass is 238 g/mol. The molecule has 0 saturated heterocycles. The molecule has 88 valence electrons. The van der Waals surface area contributed by atoms with E-state index in [0.29, 0.717) is 16.8 Å². The fourth-order valence-corrected chi connectivity index (χ4v) is 1.53. The highest BCUT2D eigenvalue weighted by atomic mass is 16.3. The van der Waals surface area contributed by atoms with Gasteiger partial charge in [0.2, 0.25) is 0 Å². The summed E-state index contributed by atoms with van der Waals surface area (Å²) in [6, 6.07) is 14.8. The summed E-state index contributed by atoms with van der Waals surface area (Å²) in [7, 11) is 0. The Morgan fingerprint density at radius 3 is 2.67 bits per heavy atom. The van der Waals surface area contributed by atoms with Gasteiger partial charge in [0.15, 0.2) is 0 Å². The zero-order valence-electron chi connectivity index (χ0n) is 9.42. The van der Waals surface area contributed by atoms with E-state index in [9.17, 15) is 9.90 Å². The number of rotatable bonds is 2. The van der Waals surface area contributed by atoms with Crippen molar-refractivity contribution in [3.63, 3.8) is 0 Å². The molecule has 0 aliphatic rings. The molecule has 0 aliphatic carbocycles. The minimum absolute atomic E-state index is 0.0243. The fourth-order valence-electron chi connectivity index (χ4n) is 1.53. The first kappa shape index (κ1) is 11.7. The maximum atomic E-state index is 11.9. The molecule has 18 heavy (non-hydrogen) atoms. The highest BCUT2D eigenvalue weighted by molar-refractivity contribution is 6.05. The summed E-state index contributed by atoms with van der Waals surface area (Å²) in [4.78, 5) is 11.9. The van der Waals surface area contributed by atoms with Crippen LogP contribution < -0.4 is 5.32 Å². The van der Waals surface area contributed by atoms with E-state index in [1.54, 1.807) is 36.4 Å². The molecule has 0 bridgehead atoms. The summed E-state index contributed by atoms with van der Waals surface area (Å²) in [6.07, 6.45) is 0. The Labute approximate surface area is 104 Å². The van der Waals surface area contributed by atoms with Gasteiger partial charge in [-0.15, -0.1) is 0 Å². The third kappa shape index (κ3) is 2.47. The van der Waals surface area contributed by atoms with Crippen molar-refractivity contribution in [2.24, 2.45) is 0 Å². The minimum atomic E-state index is -0.367. The molecule has 2 rings (SSSR count). The van der Waals surface area contributed by atoms with Gasteiger partial charge in [-0.2, -0.15) is 5.26 Å². The average molecular weight is 238 g/mol. The number of nitrogens with one attached hydrogen (secondary N) is 1. The van der Waals surface area contributed by atoms with Gasteiger partial charge in [0.1, 0.15) is 11.8 Å². The molecule has 0 aromatic heterocycles. The Bertz CT molecular complexity index is 630. The van der Waals surface area contributed by atoms with E-state index in [4.69, 9.17) is 5.26 Å². The Hall–Kier alpha value is -2.80. The van der Waals surface area contributed by atoms with Gasteiger partial charge >= 0.3 is 0 Å². The van der Waals surface area contributed by atoms with Crippen molar-refractivity contribution < 1.29 is 9.90 Å². The zero-order chi connectivity index (χ0) is 13.0. The van der Waals surface area contributed by atoms with Gasteiger partial charge in [-0.3, -0.25) is 4.79 Å². The van der Waals surface area contributed by atoms with Gasteiger partial charge in [-0.05, 0) is 30.3 Å². The number of carbonyl (C=O) groups excluding carboxylic acids is 1. The molecule has 2 aromatic carbocycles. The van der Waals surface area contributed by atoms with E-state index < -0.39 is 0 Å².